The Labute approximate surface area is 183 Å². The lowest BCUT2D eigenvalue weighted by Gasteiger charge is -2.40. The molecule has 0 aromatic heterocycles. The molecule has 8 nitrogen and oxygen atoms in total. The largest absolute Gasteiger partial charge is 0.497 e. The average Bonchev–Trinajstić information content (AvgIpc) is 3.28. The van der Waals surface area contributed by atoms with E-state index in [9.17, 15) is 8.42 Å². The molecule has 0 spiro atoms. The van der Waals surface area contributed by atoms with Crippen LogP contribution in [0.15, 0.2) is 42.5 Å². The van der Waals surface area contributed by atoms with Crippen LogP contribution in [0.2, 0.25) is 0 Å². The van der Waals surface area contributed by atoms with Gasteiger partial charge >= 0.3 is 0 Å². The normalized spacial score (nSPS) is 17.5. The number of hydrogen-bond donors (Lipinski definition) is 1. The molecule has 0 saturated carbocycles. The van der Waals surface area contributed by atoms with Gasteiger partial charge in [-0.2, -0.15) is 0 Å². The minimum absolute atomic E-state index is 0.0616. The second-order valence-electron chi connectivity index (χ2n) is 7.60. The number of anilines is 1. The zero-order chi connectivity index (χ0) is 21.8. The van der Waals surface area contributed by atoms with Gasteiger partial charge in [-0.3, -0.25) is 4.90 Å². The number of piperazine rings is 1. The fraction of sp³-hybridized carbons (Fsp3) is 0.455. The number of sulfonamides is 1. The smallest absolute Gasteiger partial charge is 0.231 e. The van der Waals surface area contributed by atoms with Gasteiger partial charge in [-0.25, -0.2) is 13.1 Å². The maximum absolute atomic E-state index is 12.1. The third-order valence-corrected chi connectivity index (χ3v) is 7.22. The molecule has 31 heavy (non-hydrogen) atoms. The van der Waals surface area contributed by atoms with Crippen molar-refractivity contribution in [2.24, 2.45) is 0 Å². The summed E-state index contributed by atoms with van der Waals surface area (Å²) in [6.45, 7) is 5.52. The first-order valence-corrected chi connectivity index (χ1v) is 12.1. The topological polar surface area (TPSA) is 80.3 Å². The summed E-state index contributed by atoms with van der Waals surface area (Å²) in [4.78, 5) is 4.67. The zero-order valence-electron chi connectivity index (χ0n) is 17.9. The predicted octanol–water partition coefficient (Wildman–Crippen LogP) is 2.23. The van der Waals surface area contributed by atoms with Crippen LogP contribution in [-0.2, 0) is 10.0 Å². The second-order valence-corrected chi connectivity index (χ2v) is 9.70. The number of methoxy groups -OCH3 is 1. The maximum Gasteiger partial charge on any atom is 0.231 e. The summed E-state index contributed by atoms with van der Waals surface area (Å²) < 4.78 is 43.2. The third-order valence-electron chi connectivity index (χ3n) is 5.85. The van der Waals surface area contributed by atoms with Crippen LogP contribution >= 0.6 is 0 Å². The summed E-state index contributed by atoms with van der Waals surface area (Å²) in [6, 6.07) is 13.8. The summed E-state index contributed by atoms with van der Waals surface area (Å²) >= 11 is 0. The number of rotatable bonds is 8. The summed E-state index contributed by atoms with van der Waals surface area (Å²) in [6.07, 6.45) is 0. The lowest BCUT2D eigenvalue weighted by Crippen LogP contribution is -2.50. The van der Waals surface area contributed by atoms with E-state index in [0.717, 1.165) is 48.9 Å². The zero-order valence-corrected chi connectivity index (χ0v) is 18.7. The van der Waals surface area contributed by atoms with Crippen LogP contribution in [-0.4, -0.2) is 65.7 Å². The van der Waals surface area contributed by atoms with Gasteiger partial charge in [0.2, 0.25) is 16.8 Å². The van der Waals surface area contributed by atoms with Gasteiger partial charge in [0.15, 0.2) is 11.5 Å². The maximum atomic E-state index is 12.1. The van der Waals surface area contributed by atoms with E-state index >= 15 is 0 Å². The number of nitrogens with one attached hydrogen (secondary N) is 1. The molecule has 0 amide bonds. The molecular formula is C22H29N3O5S. The molecule has 0 bridgehead atoms. The molecule has 0 radical (unpaired) electrons. The average molecular weight is 448 g/mol. The van der Waals surface area contributed by atoms with Crippen molar-refractivity contribution in [2.45, 2.75) is 13.0 Å². The molecule has 1 atom stereocenters. The summed E-state index contributed by atoms with van der Waals surface area (Å²) in [5.41, 5.74) is 2.17. The van der Waals surface area contributed by atoms with E-state index in [1.807, 2.05) is 30.3 Å². The standard InChI is InChI=1S/C22H29N3O5S/c1-3-31(26,27)23-15-20(17-4-9-21-22(14-17)30-16-29-21)25-12-10-24(11-13-25)18-5-7-19(28-2)8-6-18/h4-9,14,20,23H,3,10-13,15-16H2,1-2H3. The van der Waals surface area contributed by atoms with Gasteiger partial charge in [0, 0.05) is 44.5 Å². The Bertz CT molecular complexity index is 989. The number of fused-ring (bicyclic) bond motifs is 1. The highest BCUT2D eigenvalue weighted by atomic mass is 32.2. The molecule has 4 rings (SSSR count). The van der Waals surface area contributed by atoms with Crippen molar-refractivity contribution < 1.29 is 22.6 Å². The highest BCUT2D eigenvalue weighted by molar-refractivity contribution is 7.89. The first kappa shape index (κ1) is 21.7. The van der Waals surface area contributed by atoms with Gasteiger partial charge < -0.3 is 19.1 Å². The molecule has 2 aromatic carbocycles. The van der Waals surface area contributed by atoms with Crippen molar-refractivity contribution in [3.8, 4) is 17.2 Å². The van der Waals surface area contributed by atoms with Crippen molar-refractivity contribution in [2.75, 3.05) is 57.3 Å². The number of hydrogen-bond acceptors (Lipinski definition) is 7. The molecule has 1 unspecified atom stereocenters. The first-order valence-electron chi connectivity index (χ1n) is 10.5. The van der Waals surface area contributed by atoms with Crippen LogP contribution in [0, 0.1) is 0 Å². The highest BCUT2D eigenvalue weighted by Crippen LogP contribution is 2.36. The molecule has 2 aromatic rings. The molecule has 1 N–H and O–H groups in total. The lowest BCUT2D eigenvalue weighted by molar-refractivity contribution is 0.173. The van der Waals surface area contributed by atoms with Crippen LogP contribution in [0.1, 0.15) is 18.5 Å². The van der Waals surface area contributed by atoms with E-state index < -0.39 is 10.0 Å². The number of nitrogens with zero attached hydrogens (tertiary/aromatic N) is 2. The van der Waals surface area contributed by atoms with Gasteiger partial charge in [0.25, 0.3) is 0 Å². The van der Waals surface area contributed by atoms with Crippen LogP contribution in [0.3, 0.4) is 0 Å². The summed E-state index contributed by atoms with van der Waals surface area (Å²) in [5.74, 6) is 2.33. The molecule has 0 aliphatic carbocycles. The van der Waals surface area contributed by atoms with E-state index in [4.69, 9.17) is 14.2 Å². The Balaban J connectivity index is 1.49. The van der Waals surface area contributed by atoms with Crippen molar-refractivity contribution in [3.63, 3.8) is 0 Å². The van der Waals surface area contributed by atoms with Gasteiger partial charge in [-0.05, 0) is 48.9 Å². The summed E-state index contributed by atoms with van der Waals surface area (Å²) in [7, 11) is -1.62. The Morgan fingerprint density at radius 2 is 1.74 bits per heavy atom. The van der Waals surface area contributed by atoms with Crippen LogP contribution in [0.4, 0.5) is 5.69 Å². The fourth-order valence-electron chi connectivity index (χ4n) is 3.97. The minimum atomic E-state index is -3.29. The van der Waals surface area contributed by atoms with Crippen LogP contribution in [0.25, 0.3) is 0 Å². The van der Waals surface area contributed by atoms with E-state index in [0.29, 0.717) is 12.3 Å². The van der Waals surface area contributed by atoms with Crippen LogP contribution in [0.5, 0.6) is 17.2 Å². The minimum Gasteiger partial charge on any atom is -0.497 e. The highest BCUT2D eigenvalue weighted by Gasteiger charge is 2.28. The number of ether oxygens (including phenoxy) is 3. The van der Waals surface area contributed by atoms with Crippen molar-refractivity contribution in [1.82, 2.24) is 9.62 Å². The quantitative estimate of drug-likeness (QED) is 0.665. The van der Waals surface area contributed by atoms with Gasteiger partial charge in [0.05, 0.1) is 12.9 Å². The predicted molar refractivity (Wildman–Crippen MR) is 120 cm³/mol. The Morgan fingerprint density at radius 3 is 2.42 bits per heavy atom. The molecule has 2 heterocycles. The Morgan fingerprint density at radius 1 is 1.03 bits per heavy atom. The molecule has 2 aliphatic heterocycles. The van der Waals surface area contributed by atoms with E-state index in [2.05, 4.69) is 26.7 Å². The second kappa shape index (κ2) is 9.33. The molecule has 1 saturated heterocycles. The lowest BCUT2D eigenvalue weighted by atomic mass is 10.0. The van der Waals surface area contributed by atoms with E-state index in [-0.39, 0.29) is 18.6 Å². The van der Waals surface area contributed by atoms with E-state index in [1.54, 1.807) is 14.0 Å². The third kappa shape index (κ3) is 5.06. The van der Waals surface area contributed by atoms with Gasteiger partial charge in [-0.15, -0.1) is 0 Å². The van der Waals surface area contributed by atoms with Crippen molar-refractivity contribution >= 4 is 15.7 Å². The molecule has 1 fully saturated rings. The summed E-state index contributed by atoms with van der Waals surface area (Å²) in [5, 5.41) is 0. The van der Waals surface area contributed by atoms with Crippen LogP contribution < -0.4 is 23.8 Å². The van der Waals surface area contributed by atoms with Crippen molar-refractivity contribution in [3.05, 3.63) is 48.0 Å². The first-order chi connectivity index (χ1) is 15.0. The Hall–Kier alpha value is -2.49. The fourth-order valence-corrected chi connectivity index (χ4v) is 4.59. The molecular weight excluding hydrogens is 418 g/mol. The monoisotopic (exact) mass is 447 g/mol. The van der Waals surface area contributed by atoms with Gasteiger partial charge in [0.1, 0.15) is 5.75 Å². The van der Waals surface area contributed by atoms with E-state index in [1.165, 1.54) is 0 Å². The molecule has 2 aliphatic rings. The molecule has 168 valence electrons. The number of benzene rings is 2. The Kier molecular flexibility index (Phi) is 6.54. The SMILES string of the molecule is CCS(=O)(=O)NCC(c1ccc2c(c1)OCO2)N1CCN(c2ccc(OC)cc2)CC1. The van der Waals surface area contributed by atoms with Gasteiger partial charge in [-0.1, -0.05) is 6.07 Å². The van der Waals surface area contributed by atoms with Crippen molar-refractivity contribution in [1.29, 1.82) is 0 Å². The molecule has 9 heteroatoms.